The minimum atomic E-state index is -0.492. The number of amides is 2. The highest BCUT2D eigenvalue weighted by atomic mass is 127. The Balaban J connectivity index is 0.00000392. The largest absolute Gasteiger partial charge is 0.444 e. The van der Waals surface area contributed by atoms with Crippen molar-refractivity contribution in [1.29, 1.82) is 0 Å². The van der Waals surface area contributed by atoms with Crippen molar-refractivity contribution in [2.75, 3.05) is 39.3 Å². The van der Waals surface area contributed by atoms with Gasteiger partial charge in [0.15, 0.2) is 5.96 Å². The van der Waals surface area contributed by atoms with E-state index in [1.54, 1.807) is 11.0 Å². The number of carbonyl (C=O) groups is 2. The van der Waals surface area contributed by atoms with Gasteiger partial charge in [-0.25, -0.2) is 4.79 Å². The first-order chi connectivity index (χ1) is 12.8. The standard InChI is InChI=1S/C18H29N5O3S.HI/c1-18(2,3)26-17(25)23-11-9-22(10-12-23)16(19)21-8-5-7-20-15(24)14-6-4-13-27-14;/h4,6,13H,5,7-12H2,1-3H3,(H2,19,21)(H,20,24);1H. The molecule has 2 heterocycles. The van der Waals surface area contributed by atoms with Crippen molar-refractivity contribution in [2.45, 2.75) is 32.8 Å². The van der Waals surface area contributed by atoms with Crippen LogP contribution in [-0.4, -0.2) is 72.6 Å². The highest BCUT2D eigenvalue weighted by molar-refractivity contribution is 14.0. The highest BCUT2D eigenvalue weighted by Gasteiger charge is 2.26. The molecular weight excluding hydrogens is 493 g/mol. The van der Waals surface area contributed by atoms with Gasteiger partial charge in [0.1, 0.15) is 5.60 Å². The van der Waals surface area contributed by atoms with Gasteiger partial charge in [-0.3, -0.25) is 9.79 Å². The van der Waals surface area contributed by atoms with Gasteiger partial charge in [-0.15, -0.1) is 35.3 Å². The van der Waals surface area contributed by atoms with E-state index >= 15 is 0 Å². The molecule has 0 spiro atoms. The van der Waals surface area contributed by atoms with Gasteiger partial charge in [0.2, 0.25) is 0 Å². The monoisotopic (exact) mass is 523 g/mol. The van der Waals surface area contributed by atoms with Crippen LogP contribution in [0.5, 0.6) is 0 Å². The van der Waals surface area contributed by atoms with Crippen LogP contribution in [0.3, 0.4) is 0 Å². The van der Waals surface area contributed by atoms with Gasteiger partial charge in [-0.2, -0.15) is 0 Å². The number of piperazine rings is 1. The zero-order valence-corrected chi connectivity index (χ0v) is 19.8. The van der Waals surface area contributed by atoms with Gasteiger partial charge < -0.3 is 25.6 Å². The number of hydrogen-bond acceptors (Lipinski definition) is 5. The quantitative estimate of drug-likeness (QED) is 0.267. The third kappa shape index (κ3) is 8.21. The first-order valence-corrected chi connectivity index (χ1v) is 9.99. The van der Waals surface area contributed by atoms with E-state index in [1.165, 1.54) is 11.3 Å². The predicted octanol–water partition coefficient (Wildman–Crippen LogP) is 2.35. The highest BCUT2D eigenvalue weighted by Crippen LogP contribution is 2.12. The number of nitrogens with zero attached hydrogens (tertiary/aromatic N) is 3. The van der Waals surface area contributed by atoms with Crippen LogP contribution in [-0.2, 0) is 4.74 Å². The SMILES string of the molecule is CC(C)(C)OC(=O)N1CCN(C(N)=NCCCNC(=O)c2cccs2)CC1.I. The summed E-state index contributed by atoms with van der Waals surface area (Å²) in [5.74, 6) is 0.420. The zero-order chi connectivity index (χ0) is 19.9. The fraction of sp³-hybridized carbons (Fsp3) is 0.611. The predicted molar refractivity (Wildman–Crippen MR) is 123 cm³/mol. The number of halogens is 1. The summed E-state index contributed by atoms with van der Waals surface area (Å²) < 4.78 is 5.38. The number of ether oxygens (including phenoxy) is 1. The maximum atomic E-state index is 12.1. The molecule has 1 aliphatic rings. The van der Waals surface area contributed by atoms with Crippen molar-refractivity contribution >= 4 is 53.3 Å². The first-order valence-electron chi connectivity index (χ1n) is 9.11. The average molecular weight is 523 g/mol. The number of rotatable bonds is 5. The summed E-state index contributed by atoms with van der Waals surface area (Å²) in [5.41, 5.74) is 5.55. The summed E-state index contributed by atoms with van der Waals surface area (Å²) in [5, 5.41) is 4.74. The van der Waals surface area contributed by atoms with Crippen molar-refractivity contribution in [2.24, 2.45) is 10.7 Å². The lowest BCUT2D eigenvalue weighted by Crippen LogP contribution is -2.53. The molecule has 1 fully saturated rings. The Kier molecular flexibility index (Phi) is 10.0. The number of hydrogen-bond donors (Lipinski definition) is 2. The molecule has 1 aromatic rings. The summed E-state index contributed by atoms with van der Waals surface area (Å²) in [6, 6.07) is 3.65. The normalized spacial score (nSPS) is 15.0. The molecule has 1 saturated heterocycles. The van der Waals surface area contributed by atoms with Crippen LogP contribution in [0.2, 0.25) is 0 Å². The number of nitrogens with one attached hydrogen (secondary N) is 1. The van der Waals surface area contributed by atoms with Crippen molar-refractivity contribution in [3.63, 3.8) is 0 Å². The molecule has 1 aliphatic heterocycles. The van der Waals surface area contributed by atoms with E-state index < -0.39 is 5.60 Å². The first kappa shape index (κ1) is 24.5. The molecule has 0 atom stereocenters. The Hall–Kier alpha value is -1.56. The second-order valence-electron chi connectivity index (χ2n) is 7.28. The van der Waals surface area contributed by atoms with Gasteiger partial charge >= 0.3 is 6.09 Å². The number of nitrogens with two attached hydrogens (primary N) is 1. The minimum absolute atomic E-state index is 0. The summed E-state index contributed by atoms with van der Waals surface area (Å²) in [4.78, 5) is 32.6. The summed E-state index contributed by atoms with van der Waals surface area (Å²) in [6.07, 6.45) is 0.425. The molecule has 2 rings (SSSR count). The van der Waals surface area contributed by atoms with Crippen LogP contribution < -0.4 is 11.1 Å². The van der Waals surface area contributed by atoms with Crippen molar-refractivity contribution in [3.8, 4) is 0 Å². The Labute approximate surface area is 187 Å². The molecule has 0 aliphatic carbocycles. The second kappa shape index (κ2) is 11.4. The van der Waals surface area contributed by atoms with E-state index in [9.17, 15) is 9.59 Å². The fourth-order valence-electron chi connectivity index (χ4n) is 2.51. The molecular formula is C18H30IN5O3S. The van der Waals surface area contributed by atoms with Crippen LogP contribution in [0.15, 0.2) is 22.5 Å². The molecule has 158 valence electrons. The van der Waals surface area contributed by atoms with E-state index in [2.05, 4.69) is 10.3 Å². The lowest BCUT2D eigenvalue weighted by Gasteiger charge is -2.36. The zero-order valence-electron chi connectivity index (χ0n) is 16.6. The minimum Gasteiger partial charge on any atom is -0.444 e. The molecule has 3 N–H and O–H groups in total. The molecule has 0 radical (unpaired) electrons. The molecule has 0 aromatic carbocycles. The van der Waals surface area contributed by atoms with Crippen LogP contribution >= 0.6 is 35.3 Å². The summed E-state index contributed by atoms with van der Waals surface area (Å²) >= 11 is 1.42. The lowest BCUT2D eigenvalue weighted by atomic mass is 10.2. The van der Waals surface area contributed by atoms with Crippen LogP contribution in [0.4, 0.5) is 4.79 Å². The molecule has 0 unspecified atom stereocenters. The molecule has 8 nitrogen and oxygen atoms in total. The van der Waals surface area contributed by atoms with E-state index in [0.717, 1.165) is 6.42 Å². The maximum absolute atomic E-state index is 12.1. The average Bonchev–Trinajstić information content (AvgIpc) is 3.14. The number of thiophene rings is 1. The summed E-state index contributed by atoms with van der Waals surface area (Å²) in [6.45, 7) is 9.04. The van der Waals surface area contributed by atoms with E-state index in [0.29, 0.717) is 50.1 Å². The number of carbonyl (C=O) groups excluding carboxylic acids is 2. The Bertz CT molecular complexity index is 653. The van der Waals surface area contributed by atoms with Gasteiger partial charge in [0.05, 0.1) is 4.88 Å². The smallest absolute Gasteiger partial charge is 0.410 e. The Morgan fingerprint density at radius 2 is 1.89 bits per heavy atom. The molecule has 0 bridgehead atoms. The Morgan fingerprint density at radius 1 is 1.25 bits per heavy atom. The van der Waals surface area contributed by atoms with Crippen molar-refractivity contribution < 1.29 is 14.3 Å². The maximum Gasteiger partial charge on any atom is 0.410 e. The third-order valence-electron chi connectivity index (χ3n) is 3.89. The van der Waals surface area contributed by atoms with Crippen LogP contribution in [0, 0.1) is 0 Å². The molecule has 0 saturated carbocycles. The van der Waals surface area contributed by atoms with Crippen molar-refractivity contribution in [1.82, 2.24) is 15.1 Å². The topological polar surface area (TPSA) is 100 Å². The van der Waals surface area contributed by atoms with Gasteiger partial charge in [-0.05, 0) is 38.6 Å². The number of guanidine groups is 1. The fourth-order valence-corrected chi connectivity index (χ4v) is 3.15. The van der Waals surface area contributed by atoms with Crippen LogP contribution in [0.25, 0.3) is 0 Å². The van der Waals surface area contributed by atoms with E-state index in [4.69, 9.17) is 10.5 Å². The molecule has 10 heteroatoms. The number of aliphatic imine (C=N–C) groups is 1. The van der Waals surface area contributed by atoms with E-state index in [-0.39, 0.29) is 36.0 Å². The van der Waals surface area contributed by atoms with Gasteiger partial charge in [-0.1, -0.05) is 6.07 Å². The second-order valence-corrected chi connectivity index (χ2v) is 8.23. The third-order valence-corrected chi connectivity index (χ3v) is 4.76. The summed E-state index contributed by atoms with van der Waals surface area (Å²) in [7, 11) is 0. The molecule has 28 heavy (non-hydrogen) atoms. The lowest BCUT2D eigenvalue weighted by molar-refractivity contribution is 0.0186. The Morgan fingerprint density at radius 3 is 2.46 bits per heavy atom. The molecule has 1 aromatic heterocycles. The molecule has 2 amide bonds. The van der Waals surface area contributed by atoms with E-state index in [1.807, 2.05) is 37.1 Å². The van der Waals surface area contributed by atoms with Crippen molar-refractivity contribution in [3.05, 3.63) is 22.4 Å². The van der Waals surface area contributed by atoms with Crippen LogP contribution in [0.1, 0.15) is 36.9 Å². The van der Waals surface area contributed by atoms with Gasteiger partial charge in [0, 0.05) is 39.3 Å². The van der Waals surface area contributed by atoms with Gasteiger partial charge in [0.25, 0.3) is 5.91 Å².